The summed E-state index contributed by atoms with van der Waals surface area (Å²) in [5.41, 5.74) is 1.28. The van der Waals surface area contributed by atoms with E-state index in [2.05, 4.69) is 10.6 Å². The zero-order valence-corrected chi connectivity index (χ0v) is 14.2. The molecule has 0 atom stereocenters. The summed E-state index contributed by atoms with van der Waals surface area (Å²) in [5, 5.41) is 5.49. The van der Waals surface area contributed by atoms with Crippen LogP contribution in [0.1, 0.15) is 20.3 Å². The van der Waals surface area contributed by atoms with Gasteiger partial charge in [0, 0.05) is 17.3 Å². The number of carbonyl (C=O) groups is 2. The molecule has 0 bridgehead atoms. The second kappa shape index (κ2) is 8.82. The van der Waals surface area contributed by atoms with Crippen LogP contribution < -0.4 is 15.4 Å². The molecule has 0 spiro atoms. The number of nitrogens with one attached hydrogen (secondary N) is 2. The normalized spacial score (nSPS) is 10.4. The molecule has 25 heavy (non-hydrogen) atoms. The molecule has 0 saturated carbocycles. The summed E-state index contributed by atoms with van der Waals surface area (Å²) in [6.45, 7) is 3.70. The number of benzene rings is 2. The van der Waals surface area contributed by atoms with Crippen LogP contribution in [0.3, 0.4) is 0 Å². The number of carbonyl (C=O) groups excluding carboxylic acids is 2. The quantitative estimate of drug-likeness (QED) is 0.802. The number of halogens is 1. The van der Waals surface area contributed by atoms with Crippen molar-refractivity contribution in [2.45, 2.75) is 20.3 Å². The first-order valence-electron chi connectivity index (χ1n) is 8.04. The molecule has 0 fully saturated rings. The van der Waals surface area contributed by atoms with Crippen LogP contribution in [0, 0.1) is 11.7 Å². The first-order chi connectivity index (χ1) is 12.0. The Hall–Kier alpha value is -2.89. The first kappa shape index (κ1) is 18.4. The lowest BCUT2D eigenvalue weighted by Gasteiger charge is -2.10. The van der Waals surface area contributed by atoms with Gasteiger partial charge in [-0.25, -0.2) is 4.39 Å². The van der Waals surface area contributed by atoms with E-state index in [0.717, 1.165) is 0 Å². The average Bonchev–Trinajstić information content (AvgIpc) is 2.58. The molecule has 2 aromatic rings. The van der Waals surface area contributed by atoms with E-state index in [-0.39, 0.29) is 36.5 Å². The van der Waals surface area contributed by atoms with E-state index < -0.39 is 5.82 Å². The number of amides is 2. The van der Waals surface area contributed by atoms with E-state index in [0.29, 0.717) is 11.4 Å². The Labute approximate surface area is 146 Å². The summed E-state index contributed by atoms with van der Waals surface area (Å²) in [5.74, 6) is -0.742. The highest BCUT2D eigenvalue weighted by atomic mass is 19.1. The summed E-state index contributed by atoms with van der Waals surface area (Å²) >= 11 is 0. The van der Waals surface area contributed by atoms with Gasteiger partial charge in [-0.3, -0.25) is 9.59 Å². The SMILES string of the molecule is CC(C)C(=O)Nc1ccc(NC(=O)CCOc2ccccc2F)cc1. The third-order valence-electron chi connectivity index (χ3n) is 3.38. The zero-order chi connectivity index (χ0) is 18.2. The van der Waals surface area contributed by atoms with Gasteiger partial charge in [-0.1, -0.05) is 26.0 Å². The predicted octanol–water partition coefficient (Wildman–Crippen LogP) is 3.83. The molecule has 2 amide bonds. The van der Waals surface area contributed by atoms with Crippen LogP contribution in [0.15, 0.2) is 48.5 Å². The van der Waals surface area contributed by atoms with E-state index in [1.807, 2.05) is 13.8 Å². The predicted molar refractivity (Wildman–Crippen MR) is 95.1 cm³/mol. The molecule has 0 aromatic heterocycles. The van der Waals surface area contributed by atoms with Crippen LogP contribution in [0.5, 0.6) is 5.75 Å². The minimum absolute atomic E-state index is 0.0675. The smallest absolute Gasteiger partial charge is 0.227 e. The lowest BCUT2D eigenvalue weighted by Crippen LogP contribution is -2.18. The Bertz CT molecular complexity index is 730. The van der Waals surface area contributed by atoms with Gasteiger partial charge in [0.1, 0.15) is 0 Å². The van der Waals surface area contributed by atoms with Crippen molar-refractivity contribution in [1.82, 2.24) is 0 Å². The first-order valence-corrected chi connectivity index (χ1v) is 8.04. The minimum atomic E-state index is -0.457. The fourth-order valence-corrected chi connectivity index (χ4v) is 1.96. The largest absolute Gasteiger partial charge is 0.490 e. The van der Waals surface area contributed by atoms with Crippen LogP contribution in [0.4, 0.5) is 15.8 Å². The molecule has 2 aromatic carbocycles. The van der Waals surface area contributed by atoms with E-state index in [4.69, 9.17) is 4.74 Å². The molecule has 6 heteroatoms. The summed E-state index contributed by atoms with van der Waals surface area (Å²) in [6.07, 6.45) is 0.0974. The van der Waals surface area contributed by atoms with Crippen molar-refractivity contribution >= 4 is 23.2 Å². The van der Waals surface area contributed by atoms with Crippen LogP contribution in [0.25, 0.3) is 0 Å². The zero-order valence-electron chi connectivity index (χ0n) is 14.2. The maximum atomic E-state index is 13.4. The Morgan fingerprint density at radius 1 is 1.00 bits per heavy atom. The van der Waals surface area contributed by atoms with Crippen molar-refractivity contribution in [3.8, 4) is 5.75 Å². The van der Waals surface area contributed by atoms with Crippen LogP contribution in [-0.2, 0) is 9.59 Å². The molecule has 0 radical (unpaired) electrons. The van der Waals surface area contributed by atoms with Crippen molar-refractivity contribution in [2.24, 2.45) is 5.92 Å². The van der Waals surface area contributed by atoms with Gasteiger partial charge in [-0.15, -0.1) is 0 Å². The molecule has 2 rings (SSSR count). The summed E-state index contributed by atoms with van der Waals surface area (Å²) in [7, 11) is 0. The Kier molecular flexibility index (Phi) is 6.51. The molecule has 132 valence electrons. The minimum Gasteiger partial charge on any atom is -0.490 e. The van der Waals surface area contributed by atoms with Gasteiger partial charge < -0.3 is 15.4 Å². The summed E-state index contributed by atoms with van der Waals surface area (Å²) < 4.78 is 18.6. The molecule has 0 saturated heterocycles. The summed E-state index contributed by atoms with van der Waals surface area (Å²) in [6, 6.07) is 12.9. The fourth-order valence-electron chi connectivity index (χ4n) is 1.96. The number of hydrogen-bond acceptors (Lipinski definition) is 3. The highest BCUT2D eigenvalue weighted by molar-refractivity contribution is 5.93. The lowest BCUT2D eigenvalue weighted by atomic mass is 10.2. The monoisotopic (exact) mass is 344 g/mol. The molecule has 0 aliphatic rings. The van der Waals surface area contributed by atoms with Gasteiger partial charge in [0.15, 0.2) is 11.6 Å². The van der Waals surface area contributed by atoms with Gasteiger partial charge in [-0.2, -0.15) is 0 Å². The highest BCUT2D eigenvalue weighted by Crippen LogP contribution is 2.16. The number of rotatable bonds is 7. The average molecular weight is 344 g/mol. The van der Waals surface area contributed by atoms with Crippen LogP contribution >= 0.6 is 0 Å². The molecule has 5 nitrogen and oxygen atoms in total. The van der Waals surface area contributed by atoms with Crippen molar-refractivity contribution in [3.05, 3.63) is 54.3 Å². The van der Waals surface area contributed by atoms with Gasteiger partial charge in [-0.05, 0) is 36.4 Å². The maximum Gasteiger partial charge on any atom is 0.227 e. The van der Waals surface area contributed by atoms with Crippen molar-refractivity contribution in [2.75, 3.05) is 17.2 Å². The lowest BCUT2D eigenvalue weighted by molar-refractivity contribution is -0.119. The van der Waals surface area contributed by atoms with Gasteiger partial charge >= 0.3 is 0 Å². The van der Waals surface area contributed by atoms with Gasteiger partial charge in [0.2, 0.25) is 11.8 Å². The molecule has 0 aliphatic heterocycles. The van der Waals surface area contributed by atoms with Crippen LogP contribution in [0.2, 0.25) is 0 Å². The molecular weight excluding hydrogens is 323 g/mol. The topological polar surface area (TPSA) is 67.4 Å². The summed E-state index contributed by atoms with van der Waals surface area (Å²) in [4.78, 5) is 23.5. The highest BCUT2D eigenvalue weighted by Gasteiger charge is 2.08. The molecular formula is C19H21FN2O3. The third-order valence-corrected chi connectivity index (χ3v) is 3.38. The van der Waals surface area contributed by atoms with Crippen molar-refractivity contribution in [1.29, 1.82) is 0 Å². The number of hydrogen-bond donors (Lipinski definition) is 2. The third kappa shape index (κ3) is 5.91. The van der Waals surface area contributed by atoms with E-state index in [1.165, 1.54) is 12.1 Å². The fraction of sp³-hybridized carbons (Fsp3) is 0.263. The number of para-hydroxylation sites is 1. The van der Waals surface area contributed by atoms with Crippen molar-refractivity contribution < 1.29 is 18.7 Å². The van der Waals surface area contributed by atoms with Crippen molar-refractivity contribution in [3.63, 3.8) is 0 Å². The van der Waals surface area contributed by atoms with E-state index in [1.54, 1.807) is 36.4 Å². The Morgan fingerprint density at radius 2 is 1.60 bits per heavy atom. The van der Waals surface area contributed by atoms with Gasteiger partial charge in [0.25, 0.3) is 0 Å². The number of ether oxygens (including phenoxy) is 1. The van der Waals surface area contributed by atoms with Crippen LogP contribution in [-0.4, -0.2) is 18.4 Å². The Morgan fingerprint density at radius 3 is 2.20 bits per heavy atom. The molecule has 0 heterocycles. The van der Waals surface area contributed by atoms with E-state index in [9.17, 15) is 14.0 Å². The second-order valence-electron chi connectivity index (χ2n) is 5.80. The second-order valence-corrected chi connectivity index (χ2v) is 5.80. The van der Waals surface area contributed by atoms with Gasteiger partial charge in [0.05, 0.1) is 13.0 Å². The molecule has 0 aliphatic carbocycles. The molecule has 2 N–H and O–H groups in total. The Balaban J connectivity index is 1.78. The maximum absolute atomic E-state index is 13.4. The number of anilines is 2. The standard InChI is InChI=1S/C19H21FN2O3/c1-13(2)19(24)22-15-9-7-14(8-10-15)21-18(23)11-12-25-17-6-4-3-5-16(17)20/h3-10,13H,11-12H2,1-2H3,(H,21,23)(H,22,24). The molecule has 0 unspecified atom stereocenters. The van der Waals surface area contributed by atoms with E-state index >= 15 is 0 Å².